The van der Waals surface area contributed by atoms with E-state index >= 15 is 0 Å². The number of ether oxygens (including phenoxy) is 2. The van der Waals surface area contributed by atoms with Crippen molar-refractivity contribution < 1.29 is 19.1 Å². The molecule has 0 fully saturated rings. The molecule has 0 aliphatic carbocycles. The van der Waals surface area contributed by atoms with E-state index in [0.717, 1.165) is 25.7 Å². The molecule has 0 atom stereocenters. The predicted octanol–water partition coefficient (Wildman–Crippen LogP) is 2.19. The molecule has 1 radical (unpaired) electrons. The molecule has 0 N–H and O–H groups in total. The minimum absolute atomic E-state index is 0. The van der Waals surface area contributed by atoms with Gasteiger partial charge in [0.25, 0.3) is 0 Å². The molecule has 1 aliphatic heterocycles. The molecule has 0 amide bonds. The minimum Gasteiger partial charge on any atom is -0.462 e. The fourth-order valence-electron chi connectivity index (χ4n) is 1.83. The summed E-state index contributed by atoms with van der Waals surface area (Å²) in [4.78, 5) is 23.4. The van der Waals surface area contributed by atoms with Gasteiger partial charge in [-0.25, -0.2) is 9.59 Å². The second kappa shape index (κ2) is 8.35. The first kappa shape index (κ1) is 16.2. The zero-order chi connectivity index (χ0) is 12.8. The molecule has 0 unspecified atom stereocenters. The Labute approximate surface area is 134 Å². The van der Waals surface area contributed by atoms with Crippen LogP contribution in [0.15, 0.2) is 24.3 Å². The second-order valence-electron chi connectivity index (χ2n) is 4.27. The third kappa shape index (κ3) is 4.97. The predicted molar refractivity (Wildman–Crippen MR) is 71.2 cm³/mol. The van der Waals surface area contributed by atoms with Gasteiger partial charge < -0.3 is 9.47 Å². The van der Waals surface area contributed by atoms with Crippen molar-refractivity contribution in [1.29, 1.82) is 0 Å². The van der Waals surface area contributed by atoms with Crippen molar-refractivity contribution >= 4 is 41.5 Å². The van der Waals surface area contributed by atoms with Crippen molar-refractivity contribution in [2.45, 2.75) is 25.7 Å². The fraction of sp³-hybridized carbons (Fsp3) is 0.429. The van der Waals surface area contributed by atoms with Crippen LogP contribution >= 0.6 is 0 Å². The molecule has 2 rings (SSSR count). The number of carbonyl (C=O) groups is 2. The van der Waals surface area contributed by atoms with Crippen molar-refractivity contribution in [2.75, 3.05) is 13.2 Å². The van der Waals surface area contributed by atoms with Crippen LogP contribution in [0, 0.1) is 0 Å². The Morgan fingerprint density at radius 1 is 0.789 bits per heavy atom. The summed E-state index contributed by atoms with van der Waals surface area (Å²) in [5.41, 5.74) is 0.785. The molecule has 1 aliphatic rings. The number of carbonyl (C=O) groups excluding carboxylic acids is 2. The molecule has 0 spiro atoms. The van der Waals surface area contributed by atoms with Gasteiger partial charge >= 0.3 is 11.9 Å². The number of hydrogen-bond acceptors (Lipinski definition) is 4. The summed E-state index contributed by atoms with van der Waals surface area (Å²) in [7, 11) is 0. The van der Waals surface area contributed by atoms with Gasteiger partial charge in [-0.05, 0) is 43.9 Å². The van der Waals surface area contributed by atoms with Gasteiger partial charge in [0.1, 0.15) is 0 Å². The van der Waals surface area contributed by atoms with Crippen LogP contribution in [-0.4, -0.2) is 54.7 Å². The Morgan fingerprint density at radius 3 is 1.74 bits per heavy atom. The van der Waals surface area contributed by atoms with Crippen LogP contribution < -0.4 is 0 Å². The van der Waals surface area contributed by atoms with Crippen LogP contribution in [0.3, 0.4) is 0 Å². The molecule has 4 nitrogen and oxygen atoms in total. The molecular formula is C14H16NaO4. The van der Waals surface area contributed by atoms with Gasteiger partial charge in [-0.3, -0.25) is 0 Å². The van der Waals surface area contributed by atoms with E-state index < -0.39 is 0 Å². The number of esters is 2. The Balaban J connectivity index is 0.00000180. The quantitative estimate of drug-likeness (QED) is 0.536. The SMILES string of the molecule is O=C1OCCCCCCOC(=O)c2cccc1c2.[Na]. The molecule has 1 aromatic carbocycles. The molecule has 0 aromatic heterocycles. The summed E-state index contributed by atoms with van der Waals surface area (Å²) in [5, 5.41) is 0. The average Bonchev–Trinajstić information content (AvgIpc) is 2.41. The van der Waals surface area contributed by atoms with Crippen LogP contribution in [-0.2, 0) is 9.47 Å². The Hall–Kier alpha value is -0.840. The monoisotopic (exact) mass is 271 g/mol. The third-order valence-corrected chi connectivity index (χ3v) is 2.84. The molecule has 19 heavy (non-hydrogen) atoms. The number of benzene rings is 1. The van der Waals surface area contributed by atoms with Gasteiger partial charge in [0.2, 0.25) is 0 Å². The van der Waals surface area contributed by atoms with Gasteiger partial charge in [-0.1, -0.05) is 6.07 Å². The average molecular weight is 271 g/mol. The molecule has 1 aromatic rings. The second-order valence-corrected chi connectivity index (χ2v) is 4.27. The summed E-state index contributed by atoms with van der Waals surface area (Å²) >= 11 is 0. The number of cyclic esters (lactones) is 2. The molecule has 97 valence electrons. The number of rotatable bonds is 0. The van der Waals surface area contributed by atoms with E-state index in [4.69, 9.17) is 9.47 Å². The first-order valence-electron chi connectivity index (χ1n) is 6.22. The Morgan fingerprint density at radius 2 is 1.26 bits per heavy atom. The third-order valence-electron chi connectivity index (χ3n) is 2.84. The summed E-state index contributed by atoms with van der Waals surface area (Å²) < 4.78 is 10.3. The fourth-order valence-corrected chi connectivity index (χ4v) is 1.83. The van der Waals surface area contributed by atoms with E-state index in [1.807, 2.05) is 0 Å². The van der Waals surface area contributed by atoms with Gasteiger partial charge in [-0.15, -0.1) is 0 Å². The van der Waals surface area contributed by atoms with Crippen LogP contribution in [0.2, 0.25) is 0 Å². The summed E-state index contributed by atoms with van der Waals surface area (Å²) in [6, 6.07) is 6.45. The minimum atomic E-state index is -0.385. The van der Waals surface area contributed by atoms with Gasteiger partial charge in [0.15, 0.2) is 0 Å². The maximum absolute atomic E-state index is 11.7. The van der Waals surface area contributed by atoms with E-state index in [1.165, 1.54) is 6.07 Å². The largest absolute Gasteiger partial charge is 0.462 e. The van der Waals surface area contributed by atoms with Gasteiger partial charge in [-0.2, -0.15) is 0 Å². The molecular weight excluding hydrogens is 255 g/mol. The van der Waals surface area contributed by atoms with Gasteiger partial charge in [0, 0.05) is 29.6 Å². The smallest absolute Gasteiger partial charge is 0.338 e. The zero-order valence-corrected chi connectivity index (χ0v) is 13.2. The van der Waals surface area contributed by atoms with Crippen molar-refractivity contribution in [3.63, 3.8) is 0 Å². The Kier molecular flexibility index (Phi) is 7.13. The van der Waals surface area contributed by atoms with Crippen molar-refractivity contribution in [2.24, 2.45) is 0 Å². The molecule has 2 bridgehead atoms. The summed E-state index contributed by atoms with van der Waals surface area (Å²) in [6.45, 7) is 0.857. The maximum Gasteiger partial charge on any atom is 0.338 e. The van der Waals surface area contributed by atoms with E-state index in [2.05, 4.69) is 0 Å². The topological polar surface area (TPSA) is 52.6 Å². The van der Waals surface area contributed by atoms with E-state index in [0.29, 0.717) is 24.3 Å². The molecule has 0 saturated heterocycles. The Bertz CT molecular complexity index is 408. The van der Waals surface area contributed by atoms with Crippen molar-refractivity contribution in [3.05, 3.63) is 35.4 Å². The normalized spacial score (nSPS) is 16.8. The standard InChI is InChI=1S/C14H16O4.Na/c15-13-11-6-5-7-12(10-11)14(16)18-9-4-2-1-3-8-17-13;/h5-7,10H,1-4,8-9H2;. The van der Waals surface area contributed by atoms with E-state index in [-0.39, 0.29) is 41.5 Å². The van der Waals surface area contributed by atoms with Crippen LogP contribution in [0.4, 0.5) is 0 Å². The van der Waals surface area contributed by atoms with Crippen LogP contribution in [0.1, 0.15) is 46.4 Å². The summed E-state index contributed by atoms with van der Waals surface area (Å²) in [6.07, 6.45) is 3.64. The van der Waals surface area contributed by atoms with E-state index in [9.17, 15) is 9.59 Å². The first-order chi connectivity index (χ1) is 8.77. The molecule has 0 saturated carbocycles. The van der Waals surface area contributed by atoms with Crippen molar-refractivity contribution in [1.82, 2.24) is 0 Å². The molecule has 5 heteroatoms. The number of hydrogen-bond donors (Lipinski definition) is 0. The zero-order valence-electron chi connectivity index (χ0n) is 11.2. The van der Waals surface area contributed by atoms with Crippen molar-refractivity contribution in [3.8, 4) is 0 Å². The number of fused-ring (bicyclic) bond motifs is 2. The summed E-state index contributed by atoms with van der Waals surface area (Å²) in [5.74, 6) is -0.771. The van der Waals surface area contributed by atoms with Crippen LogP contribution in [0.5, 0.6) is 0 Å². The van der Waals surface area contributed by atoms with E-state index in [1.54, 1.807) is 18.2 Å². The van der Waals surface area contributed by atoms with Gasteiger partial charge in [0.05, 0.1) is 24.3 Å². The first-order valence-corrected chi connectivity index (χ1v) is 6.22. The maximum atomic E-state index is 11.7. The van der Waals surface area contributed by atoms with Crippen LogP contribution in [0.25, 0.3) is 0 Å². The molecule has 1 heterocycles.